The fourth-order valence-electron chi connectivity index (χ4n) is 2.06. The Kier molecular flexibility index (Phi) is 9.57. The third-order valence-electron chi connectivity index (χ3n) is 3.03. The monoisotopic (exact) mass is 305 g/mol. The summed E-state index contributed by atoms with van der Waals surface area (Å²) < 4.78 is 0. The van der Waals surface area contributed by atoms with E-state index in [0.717, 1.165) is 31.5 Å². The molecule has 6 heteroatoms. The molecule has 0 aromatic carbocycles. The van der Waals surface area contributed by atoms with E-state index in [9.17, 15) is 4.79 Å². The number of halogens is 2. The third kappa shape index (κ3) is 6.23. The lowest BCUT2D eigenvalue weighted by Gasteiger charge is -2.22. The second-order valence-corrected chi connectivity index (χ2v) is 4.36. The zero-order valence-electron chi connectivity index (χ0n) is 10.8. The zero-order valence-corrected chi connectivity index (χ0v) is 12.4. The lowest BCUT2D eigenvalue weighted by atomic mass is 10.0. The molecule has 4 nitrogen and oxygen atoms in total. The topological polar surface area (TPSA) is 54.0 Å². The van der Waals surface area contributed by atoms with E-state index in [-0.39, 0.29) is 36.8 Å². The number of carbonyl (C=O) groups is 1. The van der Waals surface area contributed by atoms with E-state index in [0.29, 0.717) is 6.54 Å². The summed E-state index contributed by atoms with van der Waals surface area (Å²) in [5, 5.41) is 6.20. The van der Waals surface area contributed by atoms with Crippen LogP contribution < -0.4 is 10.6 Å². The van der Waals surface area contributed by atoms with E-state index in [1.165, 1.54) is 6.42 Å². The third-order valence-corrected chi connectivity index (χ3v) is 3.03. The maximum Gasteiger partial charge on any atom is 0.237 e. The number of aromatic nitrogens is 1. The minimum absolute atomic E-state index is 0. The maximum absolute atomic E-state index is 11.8. The number of pyridine rings is 1. The molecule has 1 saturated heterocycles. The number of hydrogen-bond donors (Lipinski definition) is 2. The Hall–Kier alpha value is -0.840. The first-order valence-corrected chi connectivity index (χ1v) is 6.27. The van der Waals surface area contributed by atoms with Crippen molar-refractivity contribution in [3.05, 3.63) is 30.1 Å². The van der Waals surface area contributed by atoms with Crippen LogP contribution in [0.5, 0.6) is 0 Å². The van der Waals surface area contributed by atoms with Gasteiger partial charge in [-0.05, 0) is 31.5 Å². The zero-order chi connectivity index (χ0) is 11.9. The molecule has 2 heterocycles. The van der Waals surface area contributed by atoms with Gasteiger partial charge in [0.1, 0.15) is 0 Å². The van der Waals surface area contributed by atoms with Crippen molar-refractivity contribution >= 4 is 30.7 Å². The quantitative estimate of drug-likeness (QED) is 0.891. The summed E-state index contributed by atoms with van der Waals surface area (Å²) in [4.78, 5) is 16.0. The summed E-state index contributed by atoms with van der Waals surface area (Å²) >= 11 is 0. The number of carbonyl (C=O) groups excluding carboxylic acids is 1. The van der Waals surface area contributed by atoms with Gasteiger partial charge in [-0.25, -0.2) is 0 Å². The fraction of sp³-hybridized carbons (Fsp3) is 0.538. The summed E-state index contributed by atoms with van der Waals surface area (Å²) in [5.74, 6) is 0.126. The summed E-state index contributed by atoms with van der Waals surface area (Å²) in [5.41, 5.74) is 1.02. The average Bonchev–Trinajstić information content (AvgIpc) is 2.41. The van der Waals surface area contributed by atoms with Crippen LogP contribution in [0, 0.1) is 0 Å². The van der Waals surface area contributed by atoms with Crippen molar-refractivity contribution in [2.45, 2.75) is 31.7 Å². The van der Waals surface area contributed by atoms with Crippen LogP contribution in [0.15, 0.2) is 24.4 Å². The summed E-state index contributed by atoms with van der Waals surface area (Å²) in [6.07, 6.45) is 5.84. The van der Waals surface area contributed by atoms with Crippen molar-refractivity contribution in [3.8, 4) is 0 Å². The van der Waals surface area contributed by atoms with Crippen LogP contribution in [0.2, 0.25) is 0 Å². The molecule has 1 fully saturated rings. The van der Waals surface area contributed by atoms with E-state index in [2.05, 4.69) is 15.6 Å². The van der Waals surface area contributed by atoms with Gasteiger partial charge in [0, 0.05) is 24.9 Å². The van der Waals surface area contributed by atoms with Gasteiger partial charge in [-0.3, -0.25) is 9.78 Å². The highest BCUT2D eigenvalue weighted by molar-refractivity contribution is 5.85. The van der Waals surface area contributed by atoms with Gasteiger partial charge in [0.05, 0.1) is 6.04 Å². The molecule has 2 rings (SSSR count). The van der Waals surface area contributed by atoms with Crippen LogP contribution in [0.3, 0.4) is 0 Å². The molecule has 0 bridgehead atoms. The van der Waals surface area contributed by atoms with Crippen LogP contribution in [0.1, 0.15) is 25.0 Å². The van der Waals surface area contributed by atoms with Gasteiger partial charge < -0.3 is 10.6 Å². The second-order valence-electron chi connectivity index (χ2n) is 4.36. The van der Waals surface area contributed by atoms with Crippen LogP contribution in [0.4, 0.5) is 0 Å². The Morgan fingerprint density at radius 3 is 2.84 bits per heavy atom. The molecule has 1 aliphatic heterocycles. The maximum atomic E-state index is 11.8. The first-order chi connectivity index (χ1) is 8.36. The number of piperidine rings is 1. The first-order valence-electron chi connectivity index (χ1n) is 6.27. The van der Waals surface area contributed by atoms with E-state index in [1.807, 2.05) is 18.2 Å². The molecule has 0 saturated carbocycles. The molecule has 0 aliphatic carbocycles. The second kappa shape index (κ2) is 10.0. The lowest BCUT2D eigenvalue weighted by Crippen LogP contribution is -2.47. The van der Waals surface area contributed by atoms with Crippen molar-refractivity contribution in [1.82, 2.24) is 15.6 Å². The van der Waals surface area contributed by atoms with Crippen molar-refractivity contribution < 1.29 is 4.79 Å². The molecular weight excluding hydrogens is 285 g/mol. The van der Waals surface area contributed by atoms with Crippen molar-refractivity contribution in [2.24, 2.45) is 0 Å². The molecule has 1 aliphatic rings. The highest BCUT2D eigenvalue weighted by atomic mass is 35.5. The summed E-state index contributed by atoms with van der Waals surface area (Å²) in [6.45, 7) is 1.62. The van der Waals surface area contributed by atoms with E-state index in [1.54, 1.807) is 6.20 Å². The minimum Gasteiger partial charge on any atom is -0.354 e. The minimum atomic E-state index is 0. The normalized spacial score (nSPS) is 17.8. The largest absolute Gasteiger partial charge is 0.354 e. The molecule has 0 radical (unpaired) electrons. The van der Waals surface area contributed by atoms with Crippen molar-refractivity contribution in [3.63, 3.8) is 0 Å². The Labute approximate surface area is 126 Å². The SMILES string of the molecule is Cl.Cl.O=C(NCCc1ccccn1)C1CCCCN1. The lowest BCUT2D eigenvalue weighted by molar-refractivity contribution is -0.123. The first kappa shape index (κ1) is 18.2. The van der Waals surface area contributed by atoms with Gasteiger partial charge in [-0.2, -0.15) is 0 Å². The molecule has 1 atom stereocenters. The molecule has 19 heavy (non-hydrogen) atoms. The molecule has 1 aromatic heterocycles. The Bertz CT molecular complexity index is 356. The number of nitrogens with one attached hydrogen (secondary N) is 2. The van der Waals surface area contributed by atoms with Gasteiger partial charge in [0.2, 0.25) is 5.91 Å². The Morgan fingerprint density at radius 1 is 1.37 bits per heavy atom. The fourth-order valence-corrected chi connectivity index (χ4v) is 2.06. The molecule has 2 N–H and O–H groups in total. The molecular formula is C13H21Cl2N3O. The van der Waals surface area contributed by atoms with Crippen LogP contribution in [-0.2, 0) is 11.2 Å². The predicted molar refractivity (Wildman–Crippen MR) is 81.1 cm³/mol. The van der Waals surface area contributed by atoms with Crippen molar-refractivity contribution in [2.75, 3.05) is 13.1 Å². The van der Waals surface area contributed by atoms with Gasteiger partial charge in [-0.15, -0.1) is 24.8 Å². The molecule has 1 aromatic rings. The molecule has 0 spiro atoms. The molecule has 1 amide bonds. The molecule has 1 unspecified atom stereocenters. The predicted octanol–water partition coefficient (Wildman–Crippen LogP) is 1.73. The highest BCUT2D eigenvalue weighted by Crippen LogP contribution is 2.06. The van der Waals surface area contributed by atoms with Gasteiger partial charge in [0.15, 0.2) is 0 Å². The smallest absolute Gasteiger partial charge is 0.237 e. The number of hydrogen-bond acceptors (Lipinski definition) is 3. The van der Waals surface area contributed by atoms with E-state index < -0.39 is 0 Å². The molecule has 108 valence electrons. The van der Waals surface area contributed by atoms with Crippen LogP contribution in [-0.4, -0.2) is 30.0 Å². The highest BCUT2D eigenvalue weighted by Gasteiger charge is 2.19. The van der Waals surface area contributed by atoms with Gasteiger partial charge in [-0.1, -0.05) is 12.5 Å². The van der Waals surface area contributed by atoms with E-state index >= 15 is 0 Å². The van der Waals surface area contributed by atoms with E-state index in [4.69, 9.17) is 0 Å². The average molecular weight is 306 g/mol. The van der Waals surface area contributed by atoms with Crippen LogP contribution >= 0.6 is 24.8 Å². The van der Waals surface area contributed by atoms with Crippen LogP contribution in [0.25, 0.3) is 0 Å². The summed E-state index contributed by atoms with van der Waals surface area (Å²) in [6, 6.07) is 5.85. The standard InChI is InChI=1S/C13H19N3O.2ClH/c17-13(12-6-2-4-9-15-12)16-10-7-11-5-1-3-8-14-11;;/h1,3,5,8,12,15H,2,4,6-7,9-10H2,(H,16,17);2*1H. The number of rotatable bonds is 4. The van der Waals surface area contributed by atoms with Crippen molar-refractivity contribution in [1.29, 1.82) is 0 Å². The Morgan fingerprint density at radius 2 is 2.21 bits per heavy atom. The number of amides is 1. The summed E-state index contributed by atoms with van der Waals surface area (Å²) in [7, 11) is 0. The van der Waals surface area contributed by atoms with Gasteiger partial charge in [0.25, 0.3) is 0 Å². The number of nitrogens with zero attached hydrogens (tertiary/aromatic N) is 1. The Balaban J connectivity index is 0.00000162. The van der Waals surface area contributed by atoms with Gasteiger partial charge >= 0.3 is 0 Å².